The van der Waals surface area contributed by atoms with Crippen molar-refractivity contribution in [3.63, 3.8) is 0 Å². The van der Waals surface area contributed by atoms with Gasteiger partial charge in [0.05, 0.1) is 13.1 Å². The zero-order valence-corrected chi connectivity index (χ0v) is 19.6. The van der Waals surface area contributed by atoms with Crippen LogP contribution in [0.4, 0.5) is 0 Å². The fourth-order valence-corrected chi connectivity index (χ4v) is 3.58. The molecule has 0 radical (unpaired) electrons. The van der Waals surface area contributed by atoms with Gasteiger partial charge >= 0.3 is 0 Å². The molecular weight excluding hydrogens is 463 g/mol. The van der Waals surface area contributed by atoms with Gasteiger partial charge in [-0.15, -0.1) is 34.2 Å². The Morgan fingerprint density at radius 2 is 1.86 bits per heavy atom. The lowest BCUT2D eigenvalue weighted by molar-refractivity contribution is 0.409. The standard InChI is InChI=1S/C21H32N6.HI/c1-4-17-10-8-9-11-18(17)14-22-21(24-19-12-6-5-7-13-19)23-15-20-26-25-16(2)27(20)3;/h8-11,19H,4-7,12-15H2,1-3H3,(H2,22,23,24);1H. The molecule has 3 rings (SSSR count). The lowest BCUT2D eigenvalue weighted by atomic mass is 9.96. The van der Waals surface area contributed by atoms with Gasteiger partial charge in [-0.3, -0.25) is 0 Å². The number of aliphatic imine (C=N–C) groups is 1. The highest BCUT2D eigenvalue weighted by atomic mass is 127. The van der Waals surface area contributed by atoms with E-state index in [0.29, 0.717) is 19.1 Å². The largest absolute Gasteiger partial charge is 0.354 e. The Bertz CT molecular complexity index is 764. The van der Waals surface area contributed by atoms with Crippen LogP contribution < -0.4 is 10.6 Å². The Morgan fingerprint density at radius 1 is 1.14 bits per heavy atom. The molecule has 0 aliphatic heterocycles. The SMILES string of the molecule is CCc1ccccc1CN=C(NCc1nnc(C)n1C)NC1CCCCC1.I. The van der Waals surface area contributed by atoms with Crippen molar-refractivity contribution in [2.45, 2.75) is 71.5 Å². The van der Waals surface area contributed by atoms with Crippen LogP contribution >= 0.6 is 24.0 Å². The molecule has 1 heterocycles. The minimum absolute atomic E-state index is 0. The average molecular weight is 496 g/mol. The molecule has 1 saturated carbocycles. The van der Waals surface area contributed by atoms with E-state index in [1.165, 1.54) is 43.2 Å². The first kappa shape index (κ1) is 22.6. The number of nitrogens with zero attached hydrogens (tertiary/aromatic N) is 4. The summed E-state index contributed by atoms with van der Waals surface area (Å²) < 4.78 is 2.01. The van der Waals surface area contributed by atoms with Gasteiger partial charge in [-0.25, -0.2) is 4.99 Å². The number of hydrogen-bond donors (Lipinski definition) is 2. The molecule has 0 bridgehead atoms. The maximum atomic E-state index is 4.89. The summed E-state index contributed by atoms with van der Waals surface area (Å²) in [5.41, 5.74) is 2.65. The zero-order chi connectivity index (χ0) is 19.1. The molecule has 0 amide bonds. The van der Waals surface area contributed by atoms with E-state index in [1.54, 1.807) is 0 Å². The van der Waals surface area contributed by atoms with Crippen molar-refractivity contribution >= 4 is 29.9 Å². The van der Waals surface area contributed by atoms with Crippen LogP contribution in [0.3, 0.4) is 0 Å². The predicted molar refractivity (Wildman–Crippen MR) is 125 cm³/mol. The van der Waals surface area contributed by atoms with Crippen molar-refractivity contribution in [1.82, 2.24) is 25.4 Å². The van der Waals surface area contributed by atoms with Crippen molar-refractivity contribution in [2.75, 3.05) is 0 Å². The first-order valence-corrected chi connectivity index (χ1v) is 10.1. The van der Waals surface area contributed by atoms with Crippen LogP contribution in [-0.4, -0.2) is 26.8 Å². The van der Waals surface area contributed by atoms with Crippen LogP contribution in [0.25, 0.3) is 0 Å². The van der Waals surface area contributed by atoms with Crippen molar-refractivity contribution in [3.8, 4) is 0 Å². The fourth-order valence-electron chi connectivity index (χ4n) is 3.58. The van der Waals surface area contributed by atoms with E-state index in [9.17, 15) is 0 Å². The molecule has 0 spiro atoms. The number of benzene rings is 1. The Morgan fingerprint density at radius 3 is 2.50 bits per heavy atom. The highest BCUT2D eigenvalue weighted by Gasteiger charge is 2.15. The molecule has 0 unspecified atom stereocenters. The molecule has 1 aromatic heterocycles. The number of guanidine groups is 1. The normalized spacial score (nSPS) is 15.2. The molecule has 0 atom stereocenters. The molecule has 1 aliphatic rings. The highest BCUT2D eigenvalue weighted by molar-refractivity contribution is 14.0. The third-order valence-electron chi connectivity index (χ3n) is 5.45. The first-order valence-electron chi connectivity index (χ1n) is 10.1. The lowest BCUT2D eigenvalue weighted by Crippen LogP contribution is -2.44. The van der Waals surface area contributed by atoms with Gasteiger partial charge in [0.15, 0.2) is 11.8 Å². The van der Waals surface area contributed by atoms with Crippen LogP contribution in [0.15, 0.2) is 29.3 Å². The van der Waals surface area contributed by atoms with Crippen molar-refractivity contribution in [3.05, 3.63) is 47.0 Å². The van der Waals surface area contributed by atoms with E-state index in [1.807, 2.05) is 18.5 Å². The van der Waals surface area contributed by atoms with Gasteiger partial charge in [0.1, 0.15) is 5.82 Å². The van der Waals surface area contributed by atoms with Crippen molar-refractivity contribution in [1.29, 1.82) is 0 Å². The second-order valence-electron chi connectivity index (χ2n) is 7.34. The van der Waals surface area contributed by atoms with Gasteiger partial charge in [-0.1, -0.05) is 50.5 Å². The Labute approximate surface area is 185 Å². The van der Waals surface area contributed by atoms with E-state index in [4.69, 9.17) is 4.99 Å². The number of aromatic nitrogens is 3. The van der Waals surface area contributed by atoms with E-state index in [0.717, 1.165) is 24.0 Å². The summed E-state index contributed by atoms with van der Waals surface area (Å²) in [6.45, 7) is 5.46. The summed E-state index contributed by atoms with van der Waals surface area (Å²) in [4.78, 5) is 4.89. The monoisotopic (exact) mass is 496 g/mol. The Balaban J connectivity index is 0.00000280. The summed E-state index contributed by atoms with van der Waals surface area (Å²) in [5, 5.41) is 15.5. The number of halogens is 1. The number of aryl methyl sites for hydroxylation is 2. The van der Waals surface area contributed by atoms with E-state index in [2.05, 4.69) is 52.0 Å². The summed E-state index contributed by atoms with van der Waals surface area (Å²) in [6, 6.07) is 9.06. The second-order valence-corrected chi connectivity index (χ2v) is 7.34. The fraction of sp³-hybridized carbons (Fsp3) is 0.571. The third-order valence-corrected chi connectivity index (χ3v) is 5.45. The van der Waals surface area contributed by atoms with Gasteiger partial charge in [-0.2, -0.15) is 0 Å². The number of rotatable bonds is 6. The maximum Gasteiger partial charge on any atom is 0.192 e. The zero-order valence-electron chi connectivity index (χ0n) is 17.2. The average Bonchev–Trinajstić information content (AvgIpc) is 3.03. The van der Waals surface area contributed by atoms with Crippen molar-refractivity contribution < 1.29 is 0 Å². The quantitative estimate of drug-likeness (QED) is 0.362. The van der Waals surface area contributed by atoms with Gasteiger partial charge < -0.3 is 15.2 Å². The minimum atomic E-state index is 0. The van der Waals surface area contributed by atoms with Crippen LogP contribution in [-0.2, 0) is 26.6 Å². The lowest BCUT2D eigenvalue weighted by Gasteiger charge is -2.25. The second kappa shape index (κ2) is 11.4. The predicted octanol–water partition coefficient (Wildman–Crippen LogP) is 3.87. The van der Waals surface area contributed by atoms with E-state index >= 15 is 0 Å². The maximum absolute atomic E-state index is 4.89. The smallest absolute Gasteiger partial charge is 0.192 e. The van der Waals surface area contributed by atoms with Crippen LogP contribution in [0.1, 0.15) is 61.8 Å². The molecule has 2 N–H and O–H groups in total. The topological polar surface area (TPSA) is 67.1 Å². The van der Waals surface area contributed by atoms with Crippen molar-refractivity contribution in [2.24, 2.45) is 12.0 Å². The molecule has 7 heteroatoms. The van der Waals surface area contributed by atoms with E-state index < -0.39 is 0 Å². The summed E-state index contributed by atoms with van der Waals surface area (Å²) in [6.07, 6.45) is 7.41. The number of nitrogens with one attached hydrogen (secondary N) is 2. The van der Waals surface area contributed by atoms with Gasteiger partial charge in [-0.05, 0) is 37.3 Å². The molecule has 28 heavy (non-hydrogen) atoms. The summed E-state index contributed by atoms with van der Waals surface area (Å²) in [5.74, 6) is 2.70. The third kappa shape index (κ3) is 6.18. The van der Waals surface area contributed by atoms with Gasteiger partial charge in [0.25, 0.3) is 0 Å². The van der Waals surface area contributed by atoms with Crippen LogP contribution in [0.2, 0.25) is 0 Å². The Kier molecular flexibility index (Phi) is 9.21. The molecule has 1 aliphatic carbocycles. The highest BCUT2D eigenvalue weighted by Crippen LogP contribution is 2.17. The van der Waals surface area contributed by atoms with Gasteiger partial charge in [0, 0.05) is 13.1 Å². The minimum Gasteiger partial charge on any atom is -0.354 e. The molecule has 0 saturated heterocycles. The molecule has 2 aromatic rings. The van der Waals surface area contributed by atoms with Crippen LogP contribution in [0, 0.1) is 6.92 Å². The van der Waals surface area contributed by atoms with Crippen LogP contribution in [0.5, 0.6) is 0 Å². The molecule has 1 fully saturated rings. The molecule has 6 nitrogen and oxygen atoms in total. The molecular formula is C21H33IN6. The molecule has 154 valence electrons. The Hall–Kier alpha value is -1.64. The van der Waals surface area contributed by atoms with Gasteiger partial charge in [0.2, 0.25) is 0 Å². The molecule has 1 aromatic carbocycles. The summed E-state index contributed by atoms with van der Waals surface area (Å²) >= 11 is 0. The number of hydrogen-bond acceptors (Lipinski definition) is 3. The summed E-state index contributed by atoms with van der Waals surface area (Å²) in [7, 11) is 2.00. The first-order chi connectivity index (χ1) is 13.2. The van der Waals surface area contributed by atoms with E-state index in [-0.39, 0.29) is 24.0 Å².